The monoisotopic (exact) mass is 1090 g/mol. The van der Waals surface area contributed by atoms with Crippen molar-refractivity contribution < 1.29 is 33.8 Å². The lowest BCUT2D eigenvalue weighted by molar-refractivity contribution is -0.156. The number of nitrogens with one attached hydrogen (secondary N) is 2. The highest BCUT2D eigenvalue weighted by atomic mass is 33.1. The fourth-order valence-electron chi connectivity index (χ4n) is 9.75. The zero-order valence-corrected chi connectivity index (χ0v) is 46.8. The minimum Gasteiger partial charge on any atom is -0.481 e. The van der Waals surface area contributed by atoms with Gasteiger partial charge in [0.25, 0.3) is 0 Å². The number of ether oxygens (including phenoxy) is 2. The molecular weight excluding hydrogens is 1020 g/mol. The number of carbonyl (C=O) groups is 4. The molecule has 0 aliphatic heterocycles. The summed E-state index contributed by atoms with van der Waals surface area (Å²) in [5, 5.41) is 21.8. The third-order valence-electron chi connectivity index (χ3n) is 12.9. The van der Waals surface area contributed by atoms with Crippen LogP contribution in [0.15, 0.2) is 179 Å². The quantitative estimate of drug-likeness (QED) is 0.0637. The van der Waals surface area contributed by atoms with Gasteiger partial charge in [-0.2, -0.15) is 0 Å². The second-order valence-corrected chi connectivity index (χ2v) is 26.9. The van der Waals surface area contributed by atoms with Crippen LogP contribution in [0.2, 0.25) is 0 Å². The van der Waals surface area contributed by atoms with E-state index >= 15 is 0 Å². The summed E-state index contributed by atoms with van der Waals surface area (Å²) in [5.74, 6) is -0.740. The lowest BCUT2D eigenvalue weighted by Crippen LogP contribution is -2.57. The maximum Gasteiger partial charge on any atom is 0.407 e. The third-order valence-corrected chi connectivity index (χ3v) is 18.5. The molecule has 3 aromatic heterocycles. The lowest BCUT2D eigenvalue weighted by atomic mass is 9.50. The molecular formula is C59H68N5O7PS3. The van der Waals surface area contributed by atoms with Crippen LogP contribution in [0.25, 0.3) is 0 Å². The van der Waals surface area contributed by atoms with Crippen molar-refractivity contribution in [2.24, 2.45) is 22.7 Å². The van der Waals surface area contributed by atoms with Crippen molar-refractivity contribution in [3.63, 3.8) is 0 Å². The van der Waals surface area contributed by atoms with Gasteiger partial charge >= 0.3 is 18.2 Å². The van der Waals surface area contributed by atoms with Gasteiger partial charge < -0.3 is 25.2 Å². The van der Waals surface area contributed by atoms with Gasteiger partial charge in [0.15, 0.2) is 5.12 Å². The summed E-state index contributed by atoms with van der Waals surface area (Å²) in [6, 6.07) is 50.0. The Hall–Kier alpha value is -5.73. The predicted octanol–water partition coefficient (Wildman–Crippen LogP) is 12.7. The van der Waals surface area contributed by atoms with Crippen molar-refractivity contribution in [2.75, 3.05) is 0 Å². The van der Waals surface area contributed by atoms with Crippen molar-refractivity contribution in [3.8, 4) is 0 Å². The van der Waals surface area contributed by atoms with Gasteiger partial charge in [-0.1, -0.05) is 109 Å². The number of carboxylic acids is 1. The molecule has 75 heavy (non-hydrogen) atoms. The Labute approximate surface area is 455 Å². The number of aromatic nitrogens is 3. The molecule has 0 radical (unpaired) electrons. The normalized spacial score (nSPS) is 22.0. The van der Waals surface area contributed by atoms with E-state index in [4.69, 9.17) is 14.6 Å². The van der Waals surface area contributed by atoms with E-state index in [1.165, 1.54) is 27.7 Å². The highest BCUT2D eigenvalue weighted by molar-refractivity contribution is 8.76. The SMILES string of the molecule is CC(C)(C)OC(=O)NC1CC2(C1)CC(C(=O)O)C2.CC(C)(C)OC(=O)NC1CC2(C1)CC(C(=O)Sc1ccccn1)C2.c1ccc(P(c2ccccc2)c2ccccc2)cc1.c1ccc(SSc2ccccn2)nc1. The highest BCUT2D eigenvalue weighted by Gasteiger charge is 2.56. The van der Waals surface area contributed by atoms with Crippen LogP contribution < -0.4 is 26.5 Å². The Morgan fingerprint density at radius 1 is 0.493 bits per heavy atom. The molecule has 3 heterocycles. The number of hydrogen-bond acceptors (Lipinski definition) is 12. The fraction of sp³-hybridized carbons (Fsp3) is 0.373. The molecule has 4 saturated carbocycles. The van der Waals surface area contributed by atoms with Gasteiger partial charge in [-0.3, -0.25) is 9.59 Å². The molecule has 4 aliphatic rings. The number of amides is 2. The summed E-state index contributed by atoms with van der Waals surface area (Å²) >= 11 is 1.24. The van der Waals surface area contributed by atoms with Crippen LogP contribution in [0.5, 0.6) is 0 Å². The maximum atomic E-state index is 12.3. The molecule has 3 aromatic carbocycles. The number of nitrogens with zero attached hydrogens (tertiary/aromatic N) is 3. The summed E-state index contributed by atoms with van der Waals surface area (Å²) in [4.78, 5) is 58.9. The van der Waals surface area contributed by atoms with Gasteiger partial charge in [0.1, 0.15) is 26.3 Å². The first-order chi connectivity index (χ1) is 35.8. The summed E-state index contributed by atoms with van der Waals surface area (Å²) < 4.78 is 10.5. The number of pyridine rings is 3. The van der Waals surface area contributed by atoms with Gasteiger partial charge in [-0.25, -0.2) is 24.5 Å². The molecule has 16 heteroatoms. The number of alkyl carbamates (subject to hydrolysis) is 2. The number of thioether (sulfide) groups is 1. The van der Waals surface area contributed by atoms with E-state index < -0.39 is 25.1 Å². The van der Waals surface area contributed by atoms with E-state index in [2.05, 4.69) is 117 Å². The second kappa shape index (κ2) is 26.4. The summed E-state index contributed by atoms with van der Waals surface area (Å²) in [7, 11) is 2.79. The number of carbonyl (C=O) groups excluding carboxylic acids is 3. The summed E-state index contributed by atoms with van der Waals surface area (Å²) in [5.41, 5.74) is -0.508. The molecule has 6 aromatic rings. The molecule has 4 fully saturated rings. The minimum atomic E-state index is -0.691. The molecule has 2 amide bonds. The number of carboxylic acid groups (broad SMARTS) is 1. The Bertz CT molecular complexity index is 2600. The van der Waals surface area contributed by atoms with Crippen LogP contribution >= 0.6 is 41.3 Å². The highest BCUT2D eigenvalue weighted by Crippen LogP contribution is 2.60. The molecule has 3 N–H and O–H groups in total. The first-order valence-electron chi connectivity index (χ1n) is 25.3. The molecule has 0 bridgehead atoms. The third kappa shape index (κ3) is 17.9. The minimum absolute atomic E-state index is 0.125. The smallest absolute Gasteiger partial charge is 0.407 e. The summed E-state index contributed by atoms with van der Waals surface area (Å²) in [6.07, 6.45) is 11.6. The van der Waals surface area contributed by atoms with Crippen molar-refractivity contribution in [1.82, 2.24) is 25.6 Å². The van der Waals surface area contributed by atoms with E-state index in [0.717, 1.165) is 66.4 Å². The van der Waals surface area contributed by atoms with Gasteiger partial charge in [-0.05, 0) is 197 Å². The molecule has 12 nitrogen and oxygen atoms in total. The van der Waals surface area contributed by atoms with E-state index in [9.17, 15) is 19.2 Å². The van der Waals surface area contributed by atoms with Gasteiger partial charge in [0.2, 0.25) is 0 Å². The van der Waals surface area contributed by atoms with Crippen LogP contribution in [-0.4, -0.2) is 66.6 Å². The summed E-state index contributed by atoms with van der Waals surface area (Å²) in [6.45, 7) is 11.1. The van der Waals surface area contributed by atoms with Gasteiger partial charge in [-0.15, -0.1) is 0 Å². The Kier molecular flexibility index (Phi) is 20.0. The molecule has 394 valence electrons. The van der Waals surface area contributed by atoms with E-state index in [0.29, 0.717) is 0 Å². The standard InChI is InChI=1S/C18H24N2O3S.C18H15P.C13H21NO4.C10H8N2S2/c1-17(2,3)23-16(22)20-13-10-18(11-13)8-12(9-18)15(21)24-14-6-4-5-7-19-14;1-4-10-16(11-5-1)19(17-12-6-2-7-13-17)18-14-8-3-9-15-18;1-12(2,3)18-11(17)14-9-6-13(7-9)4-8(5-13)10(15)16;1-3-7-11-9(5-1)13-14-10-6-2-4-8-12-10/h4-7,12-13H,8-11H2,1-3H3,(H,20,22);1-15H;8-9H,4-7H2,1-3H3,(H,14,17)(H,15,16);1-8H. The predicted molar refractivity (Wildman–Crippen MR) is 303 cm³/mol. The topological polar surface area (TPSA) is 170 Å². The number of aliphatic carboxylic acids is 1. The number of hydrogen-bond donors (Lipinski definition) is 3. The zero-order chi connectivity index (χ0) is 53.5. The van der Waals surface area contributed by atoms with Gasteiger partial charge in [0, 0.05) is 36.6 Å². The average Bonchev–Trinajstić information content (AvgIpc) is 3.33. The zero-order valence-electron chi connectivity index (χ0n) is 43.5. The average molecular weight is 1090 g/mol. The van der Waals surface area contributed by atoms with E-state index in [1.807, 2.05) is 96.1 Å². The van der Waals surface area contributed by atoms with Crippen LogP contribution in [0.1, 0.15) is 92.9 Å². The van der Waals surface area contributed by atoms with Crippen molar-refractivity contribution in [1.29, 1.82) is 0 Å². The van der Waals surface area contributed by atoms with Crippen molar-refractivity contribution in [3.05, 3.63) is 164 Å². The lowest BCUT2D eigenvalue weighted by Gasteiger charge is -2.57. The van der Waals surface area contributed by atoms with E-state index in [1.54, 1.807) is 40.2 Å². The Morgan fingerprint density at radius 3 is 1.15 bits per heavy atom. The second-order valence-electron chi connectivity index (χ2n) is 21.5. The molecule has 10 rings (SSSR count). The maximum absolute atomic E-state index is 12.3. The fourth-order valence-corrected chi connectivity index (χ4v) is 14.6. The van der Waals surface area contributed by atoms with Crippen molar-refractivity contribution >= 4 is 80.5 Å². The Morgan fingerprint density at radius 2 is 0.827 bits per heavy atom. The molecule has 2 spiro atoms. The molecule has 0 unspecified atom stereocenters. The first-order valence-corrected chi connectivity index (χ1v) is 29.6. The Balaban J connectivity index is 0.000000148. The van der Waals surface area contributed by atoms with E-state index in [-0.39, 0.29) is 52.1 Å². The molecule has 0 atom stereocenters. The van der Waals surface area contributed by atoms with Gasteiger partial charge in [0.05, 0.1) is 5.92 Å². The number of benzene rings is 3. The van der Waals surface area contributed by atoms with Crippen LogP contribution in [0.4, 0.5) is 9.59 Å². The molecule has 4 aliphatic carbocycles. The number of rotatable bonds is 11. The van der Waals surface area contributed by atoms with Crippen LogP contribution in [0.3, 0.4) is 0 Å². The largest absolute Gasteiger partial charge is 0.481 e. The van der Waals surface area contributed by atoms with Crippen LogP contribution in [-0.2, 0) is 19.1 Å². The van der Waals surface area contributed by atoms with Crippen molar-refractivity contribution in [2.45, 2.75) is 131 Å². The van der Waals surface area contributed by atoms with Crippen LogP contribution in [0, 0.1) is 22.7 Å². The molecule has 0 saturated heterocycles. The first kappa shape index (κ1) is 57.0.